The van der Waals surface area contributed by atoms with E-state index in [2.05, 4.69) is 27.4 Å². The van der Waals surface area contributed by atoms with E-state index in [4.69, 9.17) is 4.42 Å². The molecule has 1 saturated heterocycles. The molecule has 0 bridgehead atoms. The van der Waals surface area contributed by atoms with Crippen LogP contribution in [-0.2, 0) is 17.9 Å². The number of carbonyl (C=O) groups excluding carboxylic acids is 1. The third kappa shape index (κ3) is 4.65. The van der Waals surface area contributed by atoms with Gasteiger partial charge in [0.05, 0.1) is 37.2 Å². The van der Waals surface area contributed by atoms with Crippen molar-refractivity contribution < 1.29 is 9.21 Å². The Bertz CT molecular complexity index is 857. The zero-order valence-corrected chi connectivity index (χ0v) is 15.3. The summed E-state index contributed by atoms with van der Waals surface area (Å²) in [4.78, 5) is 15.0. The average Bonchev–Trinajstić information content (AvgIpc) is 3.35. The van der Waals surface area contributed by atoms with Crippen molar-refractivity contribution in [3.63, 3.8) is 0 Å². The van der Waals surface area contributed by atoms with E-state index in [-0.39, 0.29) is 11.8 Å². The molecule has 1 aliphatic rings. The van der Waals surface area contributed by atoms with E-state index in [0.29, 0.717) is 6.54 Å². The molecule has 2 aromatic heterocycles. The van der Waals surface area contributed by atoms with E-state index in [9.17, 15) is 4.79 Å². The number of amides is 1. The number of hydrogen-bond acceptors (Lipinski definition) is 4. The van der Waals surface area contributed by atoms with Crippen molar-refractivity contribution in [3.05, 3.63) is 72.4 Å². The zero-order valence-electron chi connectivity index (χ0n) is 15.3. The number of nitrogens with one attached hydrogen (secondary N) is 1. The van der Waals surface area contributed by atoms with Gasteiger partial charge in [0, 0.05) is 12.7 Å². The number of carbonyl (C=O) groups is 1. The molecule has 0 radical (unpaired) electrons. The summed E-state index contributed by atoms with van der Waals surface area (Å²) in [6, 6.07) is 14.0. The molecule has 6 heteroatoms. The van der Waals surface area contributed by atoms with Crippen LogP contribution in [0, 0.1) is 5.92 Å². The van der Waals surface area contributed by atoms with Gasteiger partial charge in [-0.15, -0.1) is 0 Å². The van der Waals surface area contributed by atoms with Gasteiger partial charge >= 0.3 is 0 Å². The fourth-order valence-corrected chi connectivity index (χ4v) is 3.57. The lowest BCUT2D eigenvalue weighted by molar-refractivity contribution is -0.121. The third-order valence-electron chi connectivity index (χ3n) is 4.92. The maximum atomic E-state index is 12.7. The van der Waals surface area contributed by atoms with Gasteiger partial charge in [-0.25, -0.2) is 0 Å². The monoisotopic (exact) mass is 364 g/mol. The van der Waals surface area contributed by atoms with Crippen molar-refractivity contribution >= 4 is 11.6 Å². The van der Waals surface area contributed by atoms with Gasteiger partial charge in [0.15, 0.2) is 0 Å². The Morgan fingerprint density at radius 1 is 1.19 bits per heavy atom. The van der Waals surface area contributed by atoms with Crippen LogP contribution < -0.4 is 5.32 Å². The lowest BCUT2D eigenvalue weighted by Crippen LogP contribution is -2.40. The van der Waals surface area contributed by atoms with Crippen LogP contribution in [0.25, 0.3) is 0 Å². The fraction of sp³-hybridized carbons (Fsp3) is 0.333. The first-order chi connectivity index (χ1) is 13.3. The lowest BCUT2D eigenvalue weighted by atomic mass is 9.97. The van der Waals surface area contributed by atoms with Crippen LogP contribution in [0.1, 0.15) is 24.2 Å². The average molecular weight is 364 g/mol. The standard InChI is InChI=1S/C21H24N4O2/c26-21(18-8-4-10-24(14-18)16-20-9-5-11-27-20)23-19-12-22-25(15-19)13-17-6-2-1-3-7-17/h1-3,5-7,9,11-12,15,18H,4,8,10,13-14,16H2,(H,23,26). The summed E-state index contributed by atoms with van der Waals surface area (Å²) in [6.07, 6.45) is 7.22. The molecule has 1 N–H and O–H groups in total. The number of anilines is 1. The second-order valence-corrected chi connectivity index (χ2v) is 7.06. The van der Waals surface area contributed by atoms with Crippen molar-refractivity contribution in [2.45, 2.75) is 25.9 Å². The largest absolute Gasteiger partial charge is 0.468 e. The van der Waals surface area contributed by atoms with E-state index in [1.165, 1.54) is 5.56 Å². The number of likely N-dealkylation sites (tertiary alicyclic amines) is 1. The summed E-state index contributed by atoms with van der Waals surface area (Å²) >= 11 is 0. The summed E-state index contributed by atoms with van der Waals surface area (Å²) in [5, 5.41) is 7.38. The maximum absolute atomic E-state index is 12.7. The maximum Gasteiger partial charge on any atom is 0.228 e. The molecule has 27 heavy (non-hydrogen) atoms. The molecule has 0 aliphatic carbocycles. The minimum Gasteiger partial charge on any atom is -0.468 e. The highest BCUT2D eigenvalue weighted by Gasteiger charge is 2.26. The smallest absolute Gasteiger partial charge is 0.228 e. The van der Waals surface area contributed by atoms with Crippen molar-refractivity contribution in [3.8, 4) is 0 Å². The van der Waals surface area contributed by atoms with Gasteiger partial charge in [-0.05, 0) is 37.1 Å². The molecule has 1 aliphatic heterocycles. The van der Waals surface area contributed by atoms with Crippen molar-refractivity contribution in [2.75, 3.05) is 18.4 Å². The summed E-state index contributed by atoms with van der Waals surface area (Å²) in [7, 11) is 0. The van der Waals surface area contributed by atoms with E-state index in [0.717, 1.165) is 43.9 Å². The van der Waals surface area contributed by atoms with Crippen LogP contribution in [-0.4, -0.2) is 33.7 Å². The van der Waals surface area contributed by atoms with Crippen molar-refractivity contribution in [1.82, 2.24) is 14.7 Å². The number of nitrogens with zero attached hydrogens (tertiary/aromatic N) is 3. The van der Waals surface area contributed by atoms with Crippen molar-refractivity contribution in [1.29, 1.82) is 0 Å². The highest BCUT2D eigenvalue weighted by atomic mass is 16.3. The number of rotatable bonds is 6. The minimum absolute atomic E-state index is 0.00816. The fourth-order valence-electron chi connectivity index (χ4n) is 3.57. The van der Waals surface area contributed by atoms with Crippen LogP contribution >= 0.6 is 0 Å². The van der Waals surface area contributed by atoms with Gasteiger partial charge in [-0.1, -0.05) is 30.3 Å². The molecule has 4 rings (SSSR count). The highest BCUT2D eigenvalue weighted by Crippen LogP contribution is 2.20. The quantitative estimate of drug-likeness (QED) is 0.728. The van der Waals surface area contributed by atoms with E-state index in [1.807, 2.05) is 41.2 Å². The molecule has 1 unspecified atom stereocenters. The van der Waals surface area contributed by atoms with E-state index >= 15 is 0 Å². The number of hydrogen-bond donors (Lipinski definition) is 1. The molecular weight excluding hydrogens is 340 g/mol. The van der Waals surface area contributed by atoms with Crippen LogP contribution in [0.2, 0.25) is 0 Å². The number of aromatic nitrogens is 2. The van der Waals surface area contributed by atoms with Gasteiger partial charge in [0.25, 0.3) is 0 Å². The molecular formula is C21H24N4O2. The summed E-state index contributed by atoms with van der Waals surface area (Å²) in [5.41, 5.74) is 1.93. The van der Waals surface area contributed by atoms with Crippen molar-refractivity contribution in [2.24, 2.45) is 5.92 Å². The van der Waals surface area contributed by atoms with Crippen LogP contribution in [0.4, 0.5) is 5.69 Å². The Labute approximate surface area is 158 Å². The predicted octanol–water partition coefficient (Wildman–Crippen LogP) is 3.38. The lowest BCUT2D eigenvalue weighted by Gasteiger charge is -2.31. The number of piperidine rings is 1. The molecule has 1 aromatic carbocycles. The normalized spacial score (nSPS) is 17.7. The first kappa shape index (κ1) is 17.5. The first-order valence-corrected chi connectivity index (χ1v) is 9.38. The topological polar surface area (TPSA) is 63.3 Å². The van der Waals surface area contributed by atoms with Gasteiger partial charge in [0.2, 0.25) is 5.91 Å². The van der Waals surface area contributed by atoms with Crippen LogP contribution in [0.5, 0.6) is 0 Å². The number of benzene rings is 1. The SMILES string of the molecule is O=C(Nc1cnn(Cc2ccccc2)c1)C1CCCN(Cc2ccco2)C1. The molecule has 0 saturated carbocycles. The second kappa shape index (κ2) is 8.22. The second-order valence-electron chi connectivity index (χ2n) is 7.06. The van der Waals surface area contributed by atoms with Gasteiger partial charge < -0.3 is 9.73 Å². The Kier molecular flexibility index (Phi) is 5.34. The molecule has 1 atom stereocenters. The highest BCUT2D eigenvalue weighted by molar-refractivity contribution is 5.92. The van der Waals surface area contributed by atoms with Gasteiger partial charge in [-0.2, -0.15) is 5.10 Å². The number of furan rings is 1. The molecule has 6 nitrogen and oxygen atoms in total. The summed E-state index contributed by atoms with van der Waals surface area (Å²) in [6.45, 7) is 3.20. The van der Waals surface area contributed by atoms with Crippen LogP contribution in [0.3, 0.4) is 0 Å². The zero-order chi connectivity index (χ0) is 18.5. The van der Waals surface area contributed by atoms with Gasteiger partial charge in [-0.3, -0.25) is 14.4 Å². The molecule has 1 fully saturated rings. The molecule has 3 aromatic rings. The van der Waals surface area contributed by atoms with E-state index < -0.39 is 0 Å². The molecule has 0 spiro atoms. The Hall–Kier alpha value is -2.86. The van der Waals surface area contributed by atoms with E-state index in [1.54, 1.807) is 12.5 Å². The Morgan fingerprint density at radius 3 is 2.89 bits per heavy atom. The van der Waals surface area contributed by atoms with Gasteiger partial charge in [0.1, 0.15) is 5.76 Å². The molecule has 1 amide bonds. The third-order valence-corrected chi connectivity index (χ3v) is 4.92. The molecule has 3 heterocycles. The summed E-state index contributed by atoms with van der Waals surface area (Å²) < 4.78 is 7.27. The minimum atomic E-state index is -0.00816. The summed E-state index contributed by atoms with van der Waals surface area (Å²) in [5.74, 6) is 1.00. The Morgan fingerprint density at radius 2 is 2.07 bits per heavy atom. The first-order valence-electron chi connectivity index (χ1n) is 9.38. The van der Waals surface area contributed by atoms with Crippen LogP contribution in [0.15, 0.2) is 65.5 Å². The predicted molar refractivity (Wildman–Crippen MR) is 103 cm³/mol. The molecule has 140 valence electrons. The Balaban J connectivity index is 1.32.